The van der Waals surface area contributed by atoms with E-state index < -0.39 is 22.0 Å². The van der Waals surface area contributed by atoms with Crippen LogP contribution in [0.4, 0.5) is 5.69 Å². The van der Waals surface area contributed by atoms with Gasteiger partial charge in [0.15, 0.2) is 0 Å². The van der Waals surface area contributed by atoms with Crippen molar-refractivity contribution in [3.8, 4) is 0 Å². The van der Waals surface area contributed by atoms with Crippen molar-refractivity contribution in [2.24, 2.45) is 0 Å². The van der Waals surface area contributed by atoms with Crippen molar-refractivity contribution < 1.29 is 18.0 Å². The van der Waals surface area contributed by atoms with Gasteiger partial charge in [0.1, 0.15) is 6.04 Å². The van der Waals surface area contributed by atoms with E-state index in [1.54, 1.807) is 6.07 Å². The van der Waals surface area contributed by atoms with Crippen LogP contribution in [0.2, 0.25) is 5.02 Å². The first-order valence-corrected chi connectivity index (χ1v) is 10.3. The molecule has 0 saturated carbocycles. The summed E-state index contributed by atoms with van der Waals surface area (Å²) in [6.07, 6.45) is 3.03. The molecule has 1 heterocycles. The summed E-state index contributed by atoms with van der Waals surface area (Å²) in [5, 5.41) is 5.63. The second kappa shape index (κ2) is 8.16. The molecule has 138 valence electrons. The van der Waals surface area contributed by atoms with Crippen LogP contribution in [0, 0.1) is 0 Å². The van der Waals surface area contributed by atoms with Crippen LogP contribution in [0.5, 0.6) is 0 Å². The molecule has 1 fully saturated rings. The molecular weight excluding hydrogens is 366 g/mol. The van der Waals surface area contributed by atoms with Crippen molar-refractivity contribution in [1.29, 1.82) is 0 Å². The molecule has 1 unspecified atom stereocenters. The highest BCUT2D eigenvalue weighted by atomic mass is 35.5. The van der Waals surface area contributed by atoms with Crippen molar-refractivity contribution >= 4 is 39.1 Å². The molecule has 25 heavy (non-hydrogen) atoms. The third-order valence-electron chi connectivity index (χ3n) is 3.95. The standard InChI is InChI=1S/C16H22ClN3O4S/c1-3-8-18-15(21)12-7-6-11(10-13(12)17)19-16(22)14-5-4-9-20(14)25(2,23)24/h6-7,10,14H,3-5,8-9H2,1-2H3,(H,18,21)(H,19,22). The minimum absolute atomic E-state index is 0.220. The fourth-order valence-electron chi connectivity index (χ4n) is 2.74. The van der Waals surface area contributed by atoms with Crippen LogP contribution in [0.25, 0.3) is 0 Å². The van der Waals surface area contributed by atoms with Gasteiger partial charge >= 0.3 is 0 Å². The van der Waals surface area contributed by atoms with Gasteiger partial charge in [-0.05, 0) is 37.5 Å². The van der Waals surface area contributed by atoms with Gasteiger partial charge in [0, 0.05) is 18.8 Å². The Morgan fingerprint density at radius 1 is 1.36 bits per heavy atom. The monoisotopic (exact) mass is 387 g/mol. The van der Waals surface area contributed by atoms with Gasteiger partial charge in [-0.2, -0.15) is 4.31 Å². The van der Waals surface area contributed by atoms with Gasteiger partial charge < -0.3 is 10.6 Å². The number of benzene rings is 1. The maximum atomic E-state index is 12.4. The number of halogens is 1. The third kappa shape index (κ3) is 4.93. The Labute approximate surface area is 152 Å². The summed E-state index contributed by atoms with van der Waals surface area (Å²) in [6.45, 7) is 2.84. The lowest BCUT2D eigenvalue weighted by atomic mass is 10.1. The first-order chi connectivity index (χ1) is 11.7. The Kier molecular flexibility index (Phi) is 6.42. The minimum Gasteiger partial charge on any atom is -0.352 e. The number of rotatable bonds is 6. The maximum absolute atomic E-state index is 12.4. The highest BCUT2D eigenvalue weighted by molar-refractivity contribution is 7.88. The van der Waals surface area contributed by atoms with Crippen LogP contribution in [0.15, 0.2) is 18.2 Å². The van der Waals surface area contributed by atoms with Gasteiger partial charge in [-0.25, -0.2) is 8.42 Å². The minimum atomic E-state index is -3.43. The van der Waals surface area contributed by atoms with E-state index in [0.29, 0.717) is 37.2 Å². The molecule has 2 N–H and O–H groups in total. The summed E-state index contributed by atoms with van der Waals surface area (Å²) >= 11 is 6.13. The lowest BCUT2D eigenvalue weighted by molar-refractivity contribution is -0.119. The molecule has 0 aliphatic carbocycles. The number of carbonyl (C=O) groups is 2. The van der Waals surface area contributed by atoms with E-state index >= 15 is 0 Å². The van der Waals surface area contributed by atoms with Crippen LogP contribution in [0.1, 0.15) is 36.5 Å². The molecule has 0 aromatic heterocycles. The number of hydrogen-bond acceptors (Lipinski definition) is 4. The molecule has 1 aliphatic rings. The fraction of sp³-hybridized carbons (Fsp3) is 0.500. The van der Waals surface area contributed by atoms with E-state index in [9.17, 15) is 18.0 Å². The number of hydrogen-bond donors (Lipinski definition) is 2. The summed E-state index contributed by atoms with van der Waals surface area (Å²) in [4.78, 5) is 24.4. The molecule has 2 rings (SSSR count). The Morgan fingerprint density at radius 2 is 2.08 bits per heavy atom. The Balaban J connectivity index is 2.09. The predicted molar refractivity (Wildman–Crippen MR) is 97.3 cm³/mol. The maximum Gasteiger partial charge on any atom is 0.252 e. The summed E-state index contributed by atoms with van der Waals surface area (Å²) in [5.41, 5.74) is 0.745. The van der Waals surface area contributed by atoms with Gasteiger partial charge in [0.2, 0.25) is 15.9 Å². The van der Waals surface area contributed by atoms with Crippen molar-refractivity contribution in [2.45, 2.75) is 32.2 Å². The smallest absolute Gasteiger partial charge is 0.252 e. The second-order valence-corrected chi connectivity index (χ2v) is 8.31. The molecule has 0 spiro atoms. The average Bonchev–Trinajstić information content (AvgIpc) is 3.02. The average molecular weight is 388 g/mol. The van der Waals surface area contributed by atoms with E-state index in [2.05, 4.69) is 10.6 Å². The summed E-state index contributed by atoms with van der Waals surface area (Å²) < 4.78 is 24.7. The quantitative estimate of drug-likeness (QED) is 0.778. The molecule has 9 heteroatoms. The van der Waals surface area contributed by atoms with Gasteiger partial charge in [0.25, 0.3) is 5.91 Å². The van der Waals surface area contributed by atoms with Crippen molar-refractivity contribution in [3.63, 3.8) is 0 Å². The summed E-state index contributed by atoms with van der Waals surface area (Å²) in [5.74, 6) is -0.675. The van der Waals surface area contributed by atoms with Crippen molar-refractivity contribution in [1.82, 2.24) is 9.62 Å². The largest absolute Gasteiger partial charge is 0.352 e. The Morgan fingerprint density at radius 3 is 2.68 bits per heavy atom. The predicted octanol–water partition coefficient (Wildman–Crippen LogP) is 1.84. The first-order valence-electron chi connectivity index (χ1n) is 8.09. The van der Waals surface area contributed by atoms with E-state index in [-0.39, 0.29) is 10.9 Å². The van der Waals surface area contributed by atoms with Gasteiger partial charge in [0.05, 0.1) is 16.8 Å². The van der Waals surface area contributed by atoms with Crippen LogP contribution in [-0.4, -0.2) is 49.9 Å². The van der Waals surface area contributed by atoms with E-state index in [1.807, 2.05) is 6.92 Å². The molecule has 1 aromatic rings. The highest BCUT2D eigenvalue weighted by Crippen LogP contribution is 2.24. The zero-order valence-corrected chi connectivity index (χ0v) is 15.8. The summed E-state index contributed by atoms with van der Waals surface area (Å²) in [6, 6.07) is 3.87. The highest BCUT2D eigenvalue weighted by Gasteiger charge is 2.36. The molecule has 1 aliphatic heterocycles. The van der Waals surface area contributed by atoms with Crippen LogP contribution in [-0.2, 0) is 14.8 Å². The number of amides is 2. The summed E-state index contributed by atoms with van der Waals surface area (Å²) in [7, 11) is -3.43. The Bertz CT molecular complexity index is 767. The van der Waals surface area contributed by atoms with Gasteiger partial charge in [-0.15, -0.1) is 0 Å². The van der Waals surface area contributed by atoms with Crippen LogP contribution in [0.3, 0.4) is 0 Å². The lowest BCUT2D eigenvalue weighted by Gasteiger charge is -2.21. The van der Waals surface area contributed by atoms with E-state index in [4.69, 9.17) is 11.6 Å². The molecule has 0 bridgehead atoms. The van der Waals surface area contributed by atoms with Crippen LogP contribution < -0.4 is 10.6 Å². The van der Waals surface area contributed by atoms with Crippen molar-refractivity contribution in [3.05, 3.63) is 28.8 Å². The number of nitrogens with one attached hydrogen (secondary N) is 2. The normalized spacial score (nSPS) is 18.1. The molecule has 1 aromatic carbocycles. The van der Waals surface area contributed by atoms with E-state index in [1.165, 1.54) is 16.4 Å². The first kappa shape index (κ1) is 19.7. The molecule has 0 radical (unpaired) electrons. The molecular formula is C16H22ClN3O4S. The van der Waals surface area contributed by atoms with Crippen molar-refractivity contribution in [2.75, 3.05) is 24.7 Å². The molecule has 1 atom stereocenters. The topological polar surface area (TPSA) is 95.6 Å². The fourth-order valence-corrected chi connectivity index (χ4v) is 4.13. The van der Waals surface area contributed by atoms with Crippen LogP contribution >= 0.6 is 11.6 Å². The SMILES string of the molecule is CCCNC(=O)c1ccc(NC(=O)C2CCCN2S(C)(=O)=O)cc1Cl. The second-order valence-electron chi connectivity index (χ2n) is 5.97. The lowest BCUT2D eigenvalue weighted by Crippen LogP contribution is -2.42. The molecule has 7 nitrogen and oxygen atoms in total. The number of carbonyl (C=O) groups excluding carboxylic acids is 2. The zero-order valence-electron chi connectivity index (χ0n) is 14.2. The third-order valence-corrected chi connectivity index (χ3v) is 5.55. The molecule has 2 amide bonds. The zero-order chi connectivity index (χ0) is 18.6. The Hall–Kier alpha value is -1.64. The number of nitrogens with zero attached hydrogens (tertiary/aromatic N) is 1. The van der Waals surface area contributed by atoms with Gasteiger partial charge in [-0.3, -0.25) is 9.59 Å². The van der Waals surface area contributed by atoms with E-state index in [0.717, 1.165) is 12.7 Å². The molecule has 1 saturated heterocycles. The van der Waals surface area contributed by atoms with Gasteiger partial charge in [-0.1, -0.05) is 18.5 Å². The number of anilines is 1. The number of sulfonamides is 1.